The van der Waals surface area contributed by atoms with Crippen LogP contribution in [0, 0.1) is 0 Å². The van der Waals surface area contributed by atoms with Crippen molar-refractivity contribution in [2.75, 3.05) is 0 Å². The normalized spacial score (nSPS) is 11.7. The molecule has 0 spiro atoms. The number of fused-ring (bicyclic) bond motifs is 3. The van der Waals surface area contributed by atoms with Gasteiger partial charge >= 0.3 is 5.69 Å². The van der Waals surface area contributed by atoms with E-state index < -0.39 is 0 Å². The van der Waals surface area contributed by atoms with Crippen molar-refractivity contribution >= 4 is 16.9 Å². The van der Waals surface area contributed by atoms with Gasteiger partial charge in [-0.05, 0) is 42.5 Å². The lowest BCUT2D eigenvalue weighted by molar-refractivity contribution is 0.632. The highest BCUT2D eigenvalue weighted by atomic mass is 16.2. The van der Waals surface area contributed by atoms with E-state index in [0.29, 0.717) is 16.9 Å². The Morgan fingerprint density at radius 3 is 2.14 bits per heavy atom. The van der Waals surface area contributed by atoms with Gasteiger partial charge in [0.05, 0.1) is 5.69 Å². The Bertz CT molecular complexity index is 1660. The first-order valence-corrected chi connectivity index (χ1v) is 13.3. The van der Waals surface area contributed by atoms with Crippen LogP contribution >= 0.6 is 0 Å². The number of aryl methyl sites for hydroxylation is 3. The van der Waals surface area contributed by atoms with E-state index in [-0.39, 0.29) is 11.2 Å². The van der Waals surface area contributed by atoms with Crippen molar-refractivity contribution in [1.82, 2.24) is 23.1 Å². The van der Waals surface area contributed by atoms with Gasteiger partial charge in [0.25, 0.3) is 5.56 Å². The van der Waals surface area contributed by atoms with Crippen molar-refractivity contribution in [1.29, 1.82) is 0 Å². The largest absolute Gasteiger partial charge is 0.332 e. The number of benzene rings is 2. The molecule has 37 heavy (non-hydrogen) atoms. The molecule has 2 aromatic carbocycles. The number of hydrogen-bond donors (Lipinski definition) is 0. The van der Waals surface area contributed by atoms with Crippen LogP contribution in [0.25, 0.3) is 33.9 Å². The average Bonchev–Trinajstić information content (AvgIpc) is 3.47. The Hall–Kier alpha value is -3.87. The average molecular weight is 498 g/mol. The van der Waals surface area contributed by atoms with Crippen LogP contribution in [0.1, 0.15) is 57.1 Å². The minimum absolute atomic E-state index is 0.353. The molecule has 0 aliphatic rings. The molecule has 3 heterocycles. The summed E-state index contributed by atoms with van der Waals surface area (Å²) in [6.07, 6.45) is 10.4. The van der Waals surface area contributed by atoms with Gasteiger partial charge in [-0.15, -0.1) is 0 Å². The Morgan fingerprint density at radius 2 is 1.46 bits per heavy atom. The van der Waals surface area contributed by atoms with E-state index in [1.54, 1.807) is 7.05 Å². The van der Waals surface area contributed by atoms with Crippen LogP contribution in [-0.4, -0.2) is 23.1 Å². The number of imidazole rings is 2. The standard InChI is InChI=1S/C30H35N5O2/c1-5-7-8-9-10-11-22-12-16-23(17-13-22)25-20-34-26-27(32(3)30(37)33(4)28(26)36)31-29(34)35(25)24-18-14-21(6-2)15-19-24/h12-20H,5-11H2,1-4H3. The van der Waals surface area contributed by atoms with Gasteiger partial charge in [-0.2, -0.15) is 4.98 Å². The van der Waals surface area contributed by atoms with Crippen molar-refractivity contribution < 1.29 is 0 Å². The molecule has 0 saturated heterocycles. The molecule has 5 rings (SSSR count). The second-order valence-electron chi connectivity index (χ2n) is 9.89. The predicted octanol–water partition coefficient (Wildman–Crippen LogP) is 5.42. The summed E-state index contributed by atoms with van der Waals surface area (Å²) in [6.45, 7) is 4.38. The summed E-state index contributed by atoms with van der Waals surface area (Å²) in [4.78, 5) is 30.5. The Morgan fingerprint density at radius 1 is 0.784 bits per heavy atom. The van der Waals surface area contributed by atoms with Gasteiger partial charge < -0.3 is 0 Å². The van der Waals surface area contributed by atoms with E-state index in [4.69, 9.17) is 4.98 Å². The molecule has 7 nitrogen and oxygen atoms in total. The molecule has 7 heteroatoms. The van der Waals surface area contributed by atoms with Crippen LogP contribution in [0.5, 0.6) is 0 Å². The van der Waals surface area contributed by atoms with E-state index in [2.05, 4.69) is 66.9 Å². The van der Waals surface area contributed by atoms with Crippen molar-refractivity contribution in [3.8, 4) is 16.9 Å². The van der Waals surface area contributed by atoms with Gasteiger partial charge in [-0.3, -0.25) is 22.9 Å². The molecule has 5 aromatic rings. The van der Waals surface area contributed by atoms with Crippen molar-refractivity contribution in [2.24, 2.45) is 14.1 Å². The second kappa shape index (κ2) is 10.2. The van der Waals surface area contributed by atoms with E-state index >= 15 is 0 Å². The minimum Gasteiger partial charge on any atom is -0.279 e. The van der Waals surface area contributed by atoms with Gasteiger partial charge in [0, 0.05) is 31.5 Å². The zero-order valence-electron chi connectivity index (χ0n) is 22.2. The summed E-state index contributed by atoms with van der Waals surface area (Å²) >= 11 is 0. The van der Waals surface area contributed by atoms with Crippen LogP contribution in [0.3, 0.4) is 0 Å². The molecule has 0 N–H and O–H groups in total. The molecule has 0 bridgehead atoms. The maximum atomic E-state index is 13.1. The van der Waals surface area contributed by atoms with E-state index in [0.717, 1.165) is 34.4 Å². The molecular weight excluding hydrogens is 462 g/mol. The van der Waals surface area contributed by atoms with Crippen molar-refractivity contribution in [3.05, 3.63) is 86.7 Å². The number of nitrogens with zero attached hydrogens (tertiary/aromatic N) is 5. The number of aromatic nitrogens is 5. The molecule has 0 unspecified atom stereocenters. The fraction of sp³-hybridized carbons (Fsp3) is 0.367. The van der Waals surface area contributed by atoms with E-state index in [1.165, 1.54) is 54.8 Å². The fourth-order valence-electron chi connectivity index (χ4n) is 5.08. The highest BCUT2D eigenvalue weighted by molar-refractivity contribution is 5.79. The van der Waals surface area contributed by atoms with Crippen molar-refractivity contribution in [3.63, 3.8) is 0 Å². The van der Waals surface area contributed by atoms with Crippen LogP contribution in [-0.2, 0) is 26.9 Å². The lowest BCUT2D eigenvalue weighted by Gasteiger charge is -2.11. The molecule has 0 atom stereocenters. The van der Waals surface area contributed by atoms with Gasteiger partial charge in [0.15, 0.2) is 11.2 Å². The third kappa shape index (κ3) is 4.43. The lowest BCUT2D eigenvalue weighted by atomic mass is 10.0. The second-order valence-corrected chi connectivity index (χ2v) is 9.89. The molecule has 0 aliphatic heterocycles. The van der Waals surface area contributed by atoms with Crippen LogP contribution in [0.4, 0.5) is 0 Å². The van der Waals surface area contributed by atoms with E-state index in [1.807, 2.05) is 10.6 Å². The van der Waals surface area contributed by atoms with Crippen LogP contribution in [0.2, 0.25) is 0 Å². The highest BCUT2D eigenvalue weighted by Crippen LogP contribution is 2.29. The number of hydrogen-bond acceptors (Lipinski definition) is 3. The van der Waals surface area contributed by atoms with Gasteiger partial charge in [0.2, 0.25) is 5.78 Å². The molecule has 3 aromatic heterocycles. The Kier molecular flexibility index (Phi) is 6.87. The number of unbranched alkanes of at least 4 members (excludes halogenated alkanes) is 4. The van der Waals surface area contributed by atoms with Crippen LogP contribution in [0.15, 0.2) is 64.3 Å². The molecule has 0 saturated carbocycles. The molecule has 0 fully saturated rings. The maximum Gasteiger partial charge on any atom is 0.332 e. The number of rotatable bonds is 9. The third-order valence-corrected chi connectivity index (χ3v) is 7.39. The summed E-state index contributed by atoms with van der Waals surface area (Å²) in [5.41, 5.74) is 5.58. The molecule has 0 aliphatic carbocycles. The third-order valence-electron chi connectivity index (χ3n) is 7.39. The topological polar surface area (TPSA) is 66.2 Å². The molecule has 0 radical (unpaired) electrons. The predicted molar refractivity (Wildman–Crippen MR) is 150 cm³/mol. The summed E-state index contributed by atoms with van der Waals surface area (Å²) in [6, 6.07) is 17.1. The summed E-state index contributed by atoms with van der Waals surface area (Å²) in [5, 5.41) is 0. The van der Waals surface area contributed by atoms with Crippen LogP contribution < -0.4 is 11.2 Å². The molecular formula is C30H35N5O2. The summed E-state index contributed by atoms with van der Waals surface area (Å²) < 4.78 is 6.47. The maximum absolute atomic E-state index is 13.1. The first-order valence-electron chi connectivity index (χ1n) is 13.3. The summed E-state index contributed by atoms with van der Waals surface area (Å²) in [7, 11) is 3.16. The SMILES string of the molecule is CCCCCCCc1ccc(-c2cn3c4c(=O)n(C)c(=O)n(C)c4nc3n2-c2ccc(CC)cc2)cc1. The first-order chi connectivity index (χ1) is 17.9. The highest BCUT2D eigenvalue weighted by Gasteiger charge is 2.21. The first kappa shape index (κ1) is 24.8. The summed E-state index contributed by atoms with van der Waals surface area (Å²) in [5.74, 6) is 0.604. The quantitative estimate of drug-likeness (QED) is 0.256. The Labute approximate surface area is 216 Å². The lowest BCUT2D eigenvalue weighted by Crippen LogP contribution is -2.37. The smallest absolute Gasteiger partial charge is 0.279 e. The fourth-order valence-corrected chi connectivity index (χ4v) is 5.08. The zero-order chi connectivity index (χ0) is 26.1. The zero-order valence-corrected chi connectivity index (χ0v) is 22.2. The Balaban J connectivity index is 1.64. The molecule has 192 valence electrons. The van der Waals surface area contributed by atoms with Gasteiger partial charge in [-0.1, -0.05) is 75.9 Å². The molecule has 0 amide bonds. The monoisotopic (exact) mass is 497 g/mol. The van der Waals surface area contributed by atoms with Gasteiger partial charge in [0.1, 0.15) is 0 Å². The van der Waals surface area contributed by atoms with E-state index in [9.17, 15) is 9.59 Å². The van der Waals surface area contributed by atoms with Crippen molar-refractivity contribution in [2.45, 2.75) is 58.8 Å². The minimum atomic E-state index is -0.386. The van der Waals surface area contributed by atoms with Gasteiger partial charge in [-0.25, -0.2) is 4.79 Å².